The highest BCUT2D eigenvalue weighted by atomic mass is 19.1. The minimum absolute atomic E-state index is 0.148. The molecule has 0 spiro atoms. The summed E-state index contributed by atoms with van der Waals surface area (Å²) >= 11 is 0. The predicted molar refractivity (Wildman–Crippen MR) is 88.2 cm³/mol. The Labute approximate surface area is 139 Å². The quantitative estimate of drug-likeness (QED) is 0.936. The molecule has 1 aliphatic rings. The maximum Gasteiger partial charge on any atom is 0.254 e. The molecule has 3 rings (SSSR count). The number of hydrogen-bond donors (Lipinski definition) is 1. The Hall–Kier alpha value is -2.63. The van der Waals surface area contributed by atoms with Gasteiger partial charge in [-0.05, 0) is 49.6 Å². The molecular formula is C18H20FN3O2. The first kappa shape index (κ1) is 16.2. The minimum Gasteiger partial charge on any atom is -0.370 e. The maximum atomic E-state index is 14.4. The number of benzene rings is 1. The van der Waals surface area contributed by atoms with Crippen molar-refractivity contribution in [3.63, 3.8) is 0 Å². The van der Waals surface area contributed by atoms with Crippen molar-refractivity contribution in [2.24, 2.45) is 5.73 Å². The lowest BCUT2D eigenvalue weighted by Gasteiger charge is -2.35. The van der Waals surface area contributed by atoms with E-state index in [9.17, 15) is 14.0 Å². The Morgan fingerprint density at radius 3 is 2.62 bits per heavy atom. The van der Waals surface area contributed by atoms with Crippen LogP contribution >= 0.6 is 0 Å². The average molecular weight is 329 g/mol. The smallest absolute Gasteiger partial charge is 0.254 e. The van der Waals surface area contributed by atoms with Gasteiger partial charge in [-0.3, -0.25) is 9.59 Å². The van der Waals surface area contributed by atoms with Gasteiger partial charge in [-0.15, -0.1) is 0 Å². The van der Waals surface area contributed by atoms with Crippen molar-refractivity contribution in [1.29, 1.82) is 0 Å². The molecular weight excluding hydrogens is 309 g/mol. The molecule has 1 atom stereocenters. The standard InChI is InChI=1S/C18H20FN3O2/c19-15-11-13(6-7-16(15)21-8-3-4-9-21)18(24)22-10-2-1-5-14(22)12-17(20)23/h3-4,6-9,11,14H,1-2,5,10,12H2,(H2,20,23)/t14-/m0/s1. The fraction of sp³-hybridized carbons (Fsp3) is 0.333. The molecule has 1 aromatic heterocycles. The summed E-state index contributed by atoms with van der Waals surface area (Å²) in [5.74, 6) is -1.13. The SMILES string of the molecule is NC(=O)C[C@@H]1CCCCN1C(=O)c1ccc(-n2cccc2)c(F)c1. The third-order valence-electron chi connectivity index (χ3n) is 4.40. The molecule has 0 aliphatic carbocycles. The summed E-state index contributed by atoms with van der Waals surface area (Å²) in [4.78, 5) is 25.6. The number of likely N-dealkylation sites (tertiary alicyclic amines) is 1. The second-order valence-corrected chi connectivity index (χ2v) is 6.08. The van der Waals surface area contributed by atoms with Crippen LogP contribution in [0.2, 0.25) is 0 Å². The molecule has 2 N–H and O–H groups in total. The molecule has 5 nitrogen and oxygen atoms in total. The second kappa shape index (κ2) is 6.86. The molecule has 0 saturated carbocycles. The van der Waals surface area contributed by atoms with Gasteiger partial charge in [0.05, 0.1) is 5.69 Å². The average Bonchev–Trinajstić information content (AvgIpc) is 3.08. The van der Waals surface area contributed by atoms with Gasteiger partial charge >= 0.3 is 0 Å². The predicted octanol–water partition coefficient (Wildman–Crippen LogP) is 2.49. The molecule has 6 heteroatoms. The number of nitrogens with zero attached hydrogens (tertiary/aromatic N) is 2. The van der Waals surface area contributed by atoms with E-state index in [-0.39, 0.29) is 18.4 Å². The van der Waals surface area contributed by atoms with Crippen LogP contribution < -0.4 is 5.73 Å². The topological polar surface area (TPSA) is 68.3 Å². The largest absolute Gasteiger partial charge is 0.370 e. The lowest BCUT2D eigenvalue weighted by Crippen LogP contribution is -2.45. The second-order valence-electron chi connectivity index (χ2n) is 6.08. The summed E-state index contributed by atoms with van der Waals surface area (Å²) in [6.45, 7) is 0.567. The summed E-state index contributed by atoms with van der Waals surface area (Å²) < 4.78 is 16.0. The molecule has 0 bridgehead atoms. The van der Waals surface area contributed by atoms with Crippen molar-refractivity contribution >= 4 is 11.8 Å². The molecule has 1 aliphatic heterocycles. The number of halogens is 1. The Balaban J connectivity index is 1.83. The molecule has 0 radical (unpaired) electrons. The Bertz CT molecular complexity index is 743. The Morgan fingerprint density at radius 2 is 1.96 bits per heavy atom. The van der Waals surface area contributed by atoms with Gasteiger partial charge in [0.1, 0.15) is 5.82 Å². The van der Waals surface area contributed by atoms with Gasteiger partial charge < -0.3 is 15.2 Å². The molecule has 1 saturated heterocycles. The van der Waals surface area contributed by atoms with E-state index in [1.165, 1.54) is 6.07 Å². The molecule has 2 amide bonds. The van der Waals surface area contributed by atoms with Gasteiger partial charge in [-0.25, -0.2) is 4.39 Å². The number of aromatic nitrogens is 1. The molecule has 0 unspecified atom stereocenters. The number of carbonyl (C=O) groups is 2. The van der Waals surface area contributed by atoms with E-state index in [0.717, 1.165) is 19.3 Å². The number of carbonyl (C=O) groups excluding carboxylic acids is 2. The lowest BCUT2D eigenvalue weighted by molar-refractivity contribution is -0.119. The van der Waals surface area contributed by atoms with E-state index in [0.29, 0.717) is 17.8 Å². The highest BCUT2D eigenvalue weighted by molar-refractivity contribution is 5.95. The van der Waals surface area contributed by atoms with E-state index in [4.69, 9.17) is 5.73 Å². The van der Waals surface area contributed by atoms with Crippen LogP contribution in [0.5, 0.6) is 0 Å². The third-order valence-corrected chi connectivity index (χ3v) is 4.40. The zero-order valence-corrected chi connectivity index (χ0v) is 13.3. The first-order valence-electron chi connectivity index (χ1n) is 8.08. The van der Waals surface area contributed by atoms with Gasteiger partial charge in [0.15, 0.2) is 0 Å². The normalized spacial score (nSPS) is 17.7. The van der Waals surface area contributed by atoms with Crippen LogP contribution in [0.3, 0.4) is 0 Å². The van der Waals surface area contributed by atoms with Gasteiger partial charge in [-0.2, -0.15) is 0 Å². The number of amides is 2. The maximum absolute atomic E-state index is 14.4. The fourth-order valence-electron chi connectivity index (χ4n) is 3.22. The van der Waals surface area contributed by atoms with Gasteiger partial charge in [-0.1, -0.05) is 0 Å². The number of hydrogen-bond acceptors (Lipinski definition) is 2. The lowest BCUT2D eigenvalue weighted by atomic mass is 9.98. The van der Waals surface area contributed by atoms with Gasteiger partial charge in [0, 0.05) is 37.0 Å². The highest BCUT2D eigenvalue weighted by Crippen LogP contribution is 2.23. The van der Waals surface area contributed by atoms with Crippen LogP contribution in [-0.4, -0.2) is 33.9 Å². The van der Waals surface area contributed by atoms with Crippen molar-refractivity contribution in [2.45, 2.75) is 31.7 Å². The van der Waals surface area contributed by atoms with E-state index in [1.54, 1.807) is 46.1 Å². The zero-order chi connectivity index (χ0) is 17.1. The van der Waals surface area contributed by atoms with Crippen LogP contribution in [-0.2, 0) is 4.79 Å². The van der Waals surface area contributed by atoms with Crippen molar-refractivity contribution in [1.82, 2.24) is 9.47 Å². The van der Waals surface area contributed by atoms with Crippen LogP contribution in [0.25, 0.3) is 5.69 Å². The minimum atomic E-state index is -0.458. The Kier molecular flexibility index (Phi) is 4.64. The van der Waals surface area contributed by atoms with E-state index in [1.807, 2.05) is 0 Å². The fourth-order valence-corrected chi connectivity index (χ4v) is 3.22. The first-order valence-corrected chi connectivity index (χ1v) is 8.08. The van der Waals surface area contributed by atoms with Gasteiger partial charge in [0.2, 0.25) is 5.91 Å². The summed E-state index contributed by atoms with van der Waals surface area (Å²) in [5.41, 5.74) is 5.97. The highest BCUT2D eigenvalue weighted by Gasteiger charge is 2.29. The van der Waals surface area contributed by atoms with E-state index in [2.05, 4.69) is 0 Å². The molecule has 1 aromatic carbocycles. The van der Waals surface area contributed by atoms with Crippen molar-refractivity contribution in [3.8, 4) is 5.69 Å². The summed E-state index contributed by atoms with van der Waals surface area (Å²) in [7, 11) is 0. The monoisotopic (exact) mass is 329 g/mol. The van der Waals surface area contributed by atoms with Crippen LogP contribution in [0.15, 0.2) is 42.7 Å². The molecule has 24 heavy (non-hydrogen) atoms. The Morgan fingerprint density at radius 1 is 1.21 bits per heavy atom. The number of primary amides is 1. The molecule has 1 fully saturated rings. The van der Waals surface area contributed by atoms with Crippen molar-refractivity contribution < 1.29 is 14.0 Å². The molecule has 126 valence electrons. The number of piperidine rings is 1. The van der Waals surface area contributed by atoms with Crippen molar-refractivity contribution in [2.75, 3.05) is 6.54 Å². The van der Waals surface area contributed by atoms with Crippen LogP contribution in [0.1, 0.15) is 36.0 Å². The van der Waals surface area contributed by atoms with Crippen LogP contribution in [0.4, 0.5) is 4.39 Å². The zero-order valence-electron chi connectivity index (χ0n) is 13.3. The first-order chi connectivity index (χ1) is 11.6. The molecule has 2 heterocycles. The van der Waals surface area contributed by atoms with Crippen LogP contribution in [0, 0.1) is 5.82 Å². The molecule has 2 aromatic rings. The third kappa shape index (κ3) is 3.32. The van der Waals surface area contributed by atoms with Crippen molar-refractivity contribution in [3.05, 3.63) is 54.1 Å². The summed E-state index contributed by atoms with van der Waals surface area (Å²) in [6.07, 6.45) is 6.22. The van der Waals surface area contributed by atoms with E-state index >= 15 is 0 Å². The summed E-state index contributed by atoms with van der Waals surface area (Å²) in [5, 5.41) is 0. The van der Waals surface area contributed by atoms with Gasteiger partial charge in [0.25, 0.3) is 5.91 Å². The summed E-state index contributed by atoms with van der Waals surface area (Å²) in [6, 6.07) is 7.89. The number of rotatable bonds is 4. The number of nitrogens with two attached hydrogens (primary N) is 1. The van der Waals surface area contributed by atoms with E-state index < -0.39 is 11.7 Å².